The molecule has 0 amide bonds. The van der Waals surface area contributed by atoms with E-state index in [1.807, 2.05) is 13.8 Å². The summed E-state index contributed by atoms with van der Waals surface area (Å²) < 4.78 is 0. The Morgan fingerprint density at radius 3 is 2.27 bits per heavy atom. The summed E-state index contributed by atoms with van der Waals surface area (Å²) in [5.41, 5.74) is 0. The van der Waals surface area contributed by atoms with Crippen LogP contribution in [0.5, 0.6) is 0 Å². The third-order valence-electron chi connectivity index (χ3n) is 2.94. The van der Waals surface area contributed by atoms with Gasteiger partial charge < -0.3 is 5.11 Å². The Labute approximate surface area is 93.5 Å². The smallest absolute Gasteiger partial charge is 0.320 e. The van der Waals surface area contributed by atoms with Crippen molar-refractivity contribution in [3.05, 3.63) is 0 Å². The van der Waals surface area contributed by atoms with Gasteiger partial charge in [0.25, 0.3) is 0 Å². The SMILES string of the molecule is CCCC(C(=O)O)N(CC)CC(C)CC. The maximum atomic E-state index is 11.1. The lowest BCUT2D eigenvalue weighted by Crippen LogP contribution is -2.43. The summed E-state index contributed by atoms with van der Waals surface area (Å²) in [6.45, 7) is 10.1. The van der Waals surface area contributed by atoms with Crippen LogP contribution >= 0.6 is 0 Å². The molecule has 15 heavy (non-hydrogen) atoms. The Hall–Kier alpha value is -0.570. The van der Waals surface area contributed by atoms with Crippen molar-refractivity contribution in [2.24, 2.45) is 5.92 Å². The average Bonchev–Trinajstić information content (AvgIpc) is 2.22. The molecule has 0 radical (unpaired) electrons. The van der Waals surface area contributed by atoms with E-state index in [0.29, 0.717) is 5.92 Å². The minimum atomic E-state index is -0.679. The van der Waals surface area contributed by atoms with E-state index in [4.69, 9.17) is 5.11 Å². The fourth-order valence-corrected chi connectivity index (χ4v) is 1.74. The van der Waals surface area contributed by atoms with Gasteiger partial charge in [-0.2, -0.15) is 0 Å². The summed E-state index contributed by atoms with van der Waals surface area (Å²) in [5.74, 6) is -0.106. The van der Waals surface area contributed by atoms with Crippen LogP contribution in [0.1, 0.15) is 47.0 Å². The fraction of sp³-hybridized carbons (Fsp3) is 0.917. The molecule has 0 spiro atoms. The van der Waals surface area contributed by atoms with Gasteiger partial charge in [-0.3, -0.25) is 9.69 Å². The molecule has 0 aliphatic heterocycles. The molecule has 90 valence electrons. The van der Waals surface area contributed by atoms with Gasteiger partial charge in [-0.1, -0.05) is 40.5 Å². The first-order chi connectivity index (χ1) is 7.06. The van der Waals surface area contributed by atoms with Crippen molar-refractivity contribution in [1.82, 2.24) is 4.90 Å². The Morgan fingerprint density at radius 2 is 1.93 bits per heavy atom. The molecule has 0 rings (SSSR count). The van der Waals surface area contributed by atoms with Gasteiger partial charge in [0, 0.05) is 6.54 Å². The Bertz CT molecular complexity index is 182. The number of rotatable bonds is 8. The lowest BCUT2D eigenvalue weighted by molar-refractivity contribution is -0.143. The molecule has 0 fully saturated rings. The normalized spacial score (nSPS) is 15.3. The maximum Gasteiger partial charge on any atom is 0.320 e. The number of hydrogen-bond donors (Lipinski definition) is 1. The van der Waals surface area contributed by atoms with Crippen LogP contribution in [0.2, 0.25) is 0 Å². The summed E-state index contributed by atoms with van der Waals surface area (Å²) in [6.07, 6.45) is 2.78. The molecular formula is C12H25NO2. The van der Waals surface area contributed by atoms with Crippen molar-refractivity contribution < 1.29 is 9.90 Å². The van der Waals surface area contributed by atoms with E-state index in [2.05, 4.69) is 18.7 Å². The lowest BCUT2D eigenvalue weighted by atomic mass is 10.1. The number of carboxylic acids is 1. The molecule has 0 heterocycles. The molecule has 0 aliphatic carbocycles. The van der Waals surface area contributed by atoms with Gasteiger partial charge in [0.2, 0.25) is 0 Å². The van der Waals surface area contributed by atoms with Crippen LogP contribution in [-0.4, -0.2) is 35.1 Å². The quantitative estimate of drug-likeness (QED) is 0.676. The molecule has 0 bridgehead atoms. The van der Waals surface area contributed by atoms with Crippen molar-refractivity contribution in [3.63, 3.8) is 0 Å². The zero-order valence-corrected chi connectivity index (χ0v) is 10.5. The molecule has 0 aromatic carbocycles. The molecule has 3 nitrogen and oxygen atoms in total. The van der Waals surface area contributed by atoms with Crippen LogP contribution in [0.3, 0.4) is 0 Å². The molecular weight excluding hydrogens is 190 g/mol. The van der Waals surface area contributed by atoms with Crippen molar-refractivity contribution in [3.8, 4) is 0 Å². The Balaban J connectivity index is 4.37. The summed E-state index contributed by atoms with van der Waals surface area (Å²) in [4.78, 5) is 13.2. The highest BCUT2D eigenvalue weighted by molar-refractivity contribution is 5.73. The lowest BCUT2D eigenvalue weighted by Gasteiger charge is -2.29. The molecule has 2 atom stereocenters. The molecule has 1 N–H and O–H groups in total. The van der Waals surface area contributed by atoms with E-state index in [1.165, 1.54) is 0 Å². The predicted octanol–water partition coefficient (Wildman–Crippen LogP) is 2.61. The van der Waals surface area contributed by atoms with Crippen LogP contribution in [-0.2, 0) is 4.79 Å². The summed E-state index contributed by atoms with van der Waals surface area (Å²) in [5, 5.41) is 9.15. The van der Waals surface area contributed by atoms with E-state index >= 15 is 0 Å². The van der Waals surface area contributed by atoms with Crippen LogP contribution < -0.4 is 0 Å². The number of nitrogens with zero attached hydrogens (tertiary/aromatic N) is 1. The number of aliphatic carboxylic acids is 1. The highest BCUT2D eigenvalue weighted by Crippen LogP contribution is 2.12. The first-order valence-electron chi connectivity index (χ1n) is 6.03. The molecule has 0 aliphatic rings. The number of carbonyl (C=O) groups is 1. The molecule has 0 saturated carbocycles. The van der Waals surface area contributed by atoms with Gasteiger partial charge in [0.15, 0.2) is 0 Å². The van der Waals surface area contributed by atoms with Gasteiger partial charge in [-0.05, 0) is 18.9 Å². The largest absolute Gasteiger partial charge is 0.480 e. The van der Waals surface area contributed by atoms with Gasteiger partial charge in [-0.15, -0.1) is 0 Å². The average molecular weight is 215 g/mol. The predicted molar refractivity (Wildman–Crippen MR) is 63.0 cm³/mol. The molecule has 0 saturated heterocycles. The molecule has 0 aromatic heterocycles. The van der Waals surface area contributed by atoms with E-state index in [1.54, 1.807) is 0 Å². The first-order valence-corrected chi connectivity index (χ1v) is 6.03. The maximum absolute atomic E-state index is 11.1. The van der Waals surface area contributed by atoms with Gasteiger partial charge >= 0.3 is 5.97 Å². The van der Waals surface area contributed by atoms with E-state index < -0.39 is 5.97 Å². The molecule has 0 aromatic rings. The van der Waals surface area contributed by atoms with Gasteiger partial charge in [0.1, 0.15) is 6.04 Å². The summed E-state index contributed by atoms with van der Waals surface area (Å²) >= 11 is 0. The second-order valence-corrected chi connectivity index (χ2v) is 4.24. The minimum absolute atomic E-state index is 0.297. The molecule has 2 unspecified atom stereocenters. The van der Waals surface area contributed by atoms with E-state index in [0.717, 1.165) is 32.4 Å². The van der Waals surface area contributed by atoms with Crippen molar-refractivity contribution in [1.29, 1.82) is 0 Å². The van der Waals surface area contributed by atoms with Crippen molar-refractivity contribution in [2.45, 2.75) is 53.0 Å². The number of hydrogen-bond acceptors (Lipinski definition) is 2. The van der Waals surface area contributed by atoms with Crippen LogP contribution in [0.4, 0.5) is 0 Å². The van der Waals surface area contributed by atoms with E-state index in [-0.39, 0.29) is 6.04 Å². The monoisotopic (exact) mass is 215 g/mol. The van der Waals surface area contributed by atoms with Crippen LogP contribution in [0.25, 0.3) is 0 Å². The van der Waals surface area contributed by atoms with Crippen LogP contribution in [0, 0.1) is 5.92 Å². The zero-order chi connectivity index (χ0) is 11.8. The second kappa shape index (κ2) is 7.69. The van der Waals surface area contributed by atoms with Crippen LogP contribution in [0.15, 0.2) is 0 Å². The Kier molecular flexibility index (Phi) is 7.39. The minimum Gasteiger partial charge on any atom is -0.480 e. The van der Waals surface area contributed by atoms with Crippen molar-refractivity contribution in [2.75, 3.05) is 13.1 Å². The summed E-state index contributed by atoms with van der Waals surface area (Å²) in [7, 11) is 0. The third kappa shape index (κ3) is 5.17. The Morgan fingerprint density at radius 1 is 1.33 bits per heavy atom. The second-order valence-electron chi connectivity index (χ2n) is 4.24. The zero-order valence-electron chi connectivity index (χ0n) is 10.5. The number of carboxylic acid groups (broad SMARTS) is 1. The van der Waals surface area contributed by atoms with Gasteiger partial charge in [0.05, 0.1) is 0 Å². The first kappa shape index (κ1) is 14.4. The topological polar surface area (TPSA) is 40.5 Å². The third-order valence-corrected chi connectivity index (χ3v) is 2.94. The van der Waals surface area contributed by atoms with Gasteiger partial charge in [-0.25, -0.2) is 0 Å². The highest BCUT2D eigenvalue weighted by atomic mass is 16.4. The molecule has 3 heteroatoms. The fourth-order valence-electron chi connectivity index (χ4n) is 1.74. The summed E-state index contributed by atoms with van der Waals surface area (Å²) in [6, 6.07) is -0.297. The van der Waals surface area contributed by atoms with E-state index in [9.17, 15) is 4.79 Å². The standard InChI is InChI=1S/C12H25NO2/c1-5-8-11(12(14)15)13(7-3)9-10(4)6-2/h10-11H,5-9H2,1-4H3,(H,14,15). The number of likely N-dealkylation sites (N-methyl/N-ethyl adjacent to an activating group) is 1. The van der Waals surface area contributed by atoms with Crippen molar-refractivity contribution >= 4 is 5.97 Å². The highest BCUT2D eigenvalue weighted by Gasteiger charge is 2.24.